The molecule has 1 fully saturated rings. The summed E-state index contributed by atoms with van der Waals surface area (Å²) in [6, 6.07) is 6.90. The van der Waals surface area contributed by atoms with Crippen molar-refractivity contribution in [2.75, 3.05) is 13.2 Å². The van der Waals surface area contributed by atoms with E-state index < -0.39 is 59.0 Å². The van der Waals surface area contributed by atoms with Gasteiger partial charge < -0.3 is 30.1 Å². The van der Waals surface area contributed by atoms with Crippen LogP contribution in [0.5, 0.6) is 0 Å². The molecule has 37 heavy (non-hydrogen) atoms. The Morgan fingerprint density at radius 2 is 1.76 bits per heavy atom. The molecule has 3 aliphatic heterocycles. The number of carbonyl (C=O) groups excluding carboxylic acids is 1. The van der Waals surface area contributed by atoms with Crippen molar-refractivity contribution in [3.8, 4) is 0 Å². The average molecular weight is 626 g/mol. The van der Waals surface area contributed by atoms with E-state index in [2.05, 4.69) is 34.6 Å². The van der Waals surface area contributed by atoms with Crippen molar-refractivity contribution in [1.82, 2.24) is 15.1 Å². The van der Waals surface area contributed by atoms with Crippen LogP contribution in [-0.2, 0) is 27.2 Å². The molecule has 3 aliphatic rings. The number of aliphatic hydroxyl groups excluding tert-OH is 2. The number of nitrogens with one attached hydrogen (secondary N) is 1. The highest BCUT2D eigenvalue weighted by Crippen LogP contribution is 2.60. The lowest BCUT2D eigenvalue weighted by atomic mass is 10.1. The number of phosphoric ester groups is 2. The molecule has 4 rings (SSSR count). The first-order chi connectivity index (χ1) is 17.4. The quantitative estimate of drug-likeness (QED) is 0.238. The largest absolute Gasteiger partial charge is 0.481 e. The molecule has 0 spiro atoms. The summed E-state index contributed by atoms with van der Waals surface area (Å²) >= 11 is 3.37. The molecular formula is C20H26BrN3O11P2. The predicted octanol–water partition coefficient (Wildman–Crippen LogP) is 2.04. The van der Waals surface area contributed by atoms with E-state index in [4.69, 9.17) is 4.74 Å². The summed E-state index contributed by atoms with van der Waals surface area (Å²) in [7, 11) is -9.98. The monoisotopic (exact) mass is 625 g/mol. The van der Waals surface area contributed by atoms with Crippen molar-refractivity contribution in [3.05, 3.63) is 52.8 Å². The van der Waals surface area contributed by atoms with E-state index in [9.17, 15) is 33.9 Å². The van der Waals surface area contributed by atoms with Crippen LogP contribution in [0, 0.1) is 0 Å². The van der Waals surface area contributed by atoms with Crippen molar-refractivity contribution < 1.29 is 52.0 Å². The van der Waals surface area contributed by atoms with Crippen molar-refractivity contribution in [1.29, 1.82) is 0 Å². The first-order valence-corrected chi connectivity index (χ1v) is 14.9. The number of hydrogen-bond donors (Lipinski definition) is 5. The lowest BCUT2D eigenvalue weighted by molar-refractivity contribution is -0.0690. The second-order valence-electron chi connectivity index (χ2n) is 8.27. The Balaban J connectivity index is 1.39. The number of carbonyl (C=O) groups is 1. The molecule has 0 bridgehead atoms. The zero-order valence-electron chi connectivity index (χ0n) is 19.4. The normalized spacial score (nSPS) is 30.5. The maximum absolute atomic E-state index is 13.2. The van der Waals surface area contributed by atoms with E-state index in [0.717, 1.165) is 14.9 Å². The summed E-state index contributed by atoms with van der Waals surface area (Å²) in [6.45, 7) is 0.649. The number of amides is 2. The number of urea groups is 1. The minimum atomic E-state index is -5.10. The Kier molecular flexibility index (Phi) is 8.63. The SMILES string of the molecule is CCCOP(=O)(O)OP(=O)(O)OC[C@H]1O[C@@H](N2C=CC3NC(c4ccc(Br)cc4)=CN3C2=O)C(O)[C@H]1O. The first-order valence-electron chi connectivity index (χ1n) is 11.1. The van der Waals surface area contributed by atoms with E-state index in [1.807, 2.05) is 24.3 Å². The molecule has 1 aromatic rings. The highest BCUT2D eigenvalue weighted by molar-refractivity contribution is 9.10. The molecular weight excluding hydrogens is 600 g/mol. The standard InChI is InChI=1S/C20H26BrN3O11P2/c1-2-9-32-36(28,29)35-37(30,31)33-11-15-17(25)18(26)19(34-15)23-8-7-16-22-14(10-24(16)20(23)27)12-3-5-13(21)6-4-12/h3-8,10,15-19,22,25-26H,2,9,11H2,1H3,(H,28,29)(H,30,31)/t15-,16?,17+,18?,19-/m1/s1. The van der Waals surface area contributed by atoms with Crippen molar-refractivity contribution in [2.45, 2.75) is 44.1 Å². The van der Waals surface area contributed by atoms with Gasteiger partial charge in [0, 0.05) is 16.9 Å². The van der Waals surface area contributed by atoms with Crippen LogP contribution < -0.4 is 5.32 Å². The summed E-state index contributed by atoms with van der Waals surface area (Å²) in [6.07, 6.45) is -1.41. The maximum Gasteiger partial charge on any atom is 0.481 e. The lowest BCUT2D eigenvalue weighted by Crippen LogP contribution is -2.54. The Morgan fingerprint density at radius 1 is 1.08 bits per heavy atom. The molecule has 4 unspecified atom stereocenters. The maximum atomic E-state index is 13.2. The summed E-state index contributed by atoms with van der Waals surface area (Å²) < 4.78 is 43.6. The smallest absolute Gasteiger partial charge is 0.387 e. The molecule has 5 N–H and O–H groups in total. The molecule has 17 heteroatoms. The van der Waals surface area contributed by atoms with Gasteiger partial charge in [-0.15, -0.1) is 0 Å². The highest BCUT2D eigenvalue weighted by Gasteiger charge is 2.50. The summed E-state index contributed by atoms with van der Waals surface area (Å²) in [5.74, 6) is 0. The van der Waals surface area contributed by atoms with E-state index in [1.165, 1.54) is 11.1 Å². The van der Waals surface area contributed by atoms with Gasteiger partial charge in [0.25, 0.3) is 0 Å². The summed E-state index contributed by atoms with van der Waals surface area (Å²) in [5.41, 5.74) is 1.54. The zero-order chi connectivity index (χ0) is 27.0. The number of hydrogen-bond acceptors (Lipinski definition) is 10. The zero-order valence-corrected chi connectivity index (χ0v) is 22.7. The topological polar surface area (TPSA) is 188 Å². The number of fused-ring (bicyclic) bond motifs is 1. The Bertz CT molecular complexity index is 1170. The van der Waals surface area contributed by atoms with Gasteiger partial charge in [-0.3, -0.25) is 18.8 Å². The van der Waals surface area contributed by atoms with E-state index in [-0.39, 0.29) is 6.61 Å². The Morgan fingerprint density at radius 3 is 2.43 bits per heavy atom. The van der Waals surface area contributed by atoms with E-state index in [0.29, 0.717) is 12.1 Å². The minimum Gasteiger partial charge on any atom is -0.387 e. The molecule has 0 aromatic heterocycles. The minimum absolute atomic E-state index is 0.198. The van der Waals surface area contributed by atoms with Crippen LogP contribution >= 0.6 is 31.6 Å². The van der Waals surface area contributed by atoms with Gasteiger partial charge in [0.1, 0.15) is 24.5 Å². The molecule has 3 heterocycles. The molecule has 1 saturated heterocycles. The molecule has 7 atom stereocenters. The number of nitrogens with zero attached hydrogens (tertiary/aromatic N) is 2. The fourth-order valence-electron chi connectivity index (χ4n) is 3.80. The second-order valence-corrected chi connectivity index (χ2v) is 12.2. The van der Waals surface area contributed by atoms with Crippen LogP contribution in [0.2, 0.25) is 0 Å². The Hall–Kier alpha value is -1.61. The van der Waals surface area contributed by atoms with Gasteiger partial charge in [0.15, 0.2) is 6.23 Å². The molecule has 0 radical (unpaired) electrons. The van der Waals surface area contributed by atoms with Gasteiger partial charge in [-0.05, 0) is 30.2 Å². The van der Waals surface area contributed by atoms with Gasteiger partial charge >= 0.3 is 21.7 Å². The summed E-state index contributed by atoms with van der Waals surface area (Å²) in [4.78, 5) is 34.9. The van der Waals surface area contributed by atoms with Gasteiger partial charge in [-0.25, -0.2) is 13.9 Å². The fraction of sp³-hybridized carbons (Fsp3) is 0.450. The van der Waals surface area contributed by atoms with Crippen LogP contribution in [-0.4, -0.2) is 79.8 Å². The molecule has 2 amide bonds. The number of phosphoric acid groups is 2. The van der Waals surface area contributed by atoms with E-state index >= 15 is 0 Å². The van der Waals surface area contributed by atoms with E-state index in [1.54, 1.807) is 19.2 Å². The van der Waals surface area contributed by atoms with Crippen LogP contribution in [0.3, 0.4) is 0 Å². The third kappa shape index (κ3) is 6.52. The molecule has 0 aliphatic carbocycles. The average Bonchev–Trinajstić information content (AvgIpc) is 3.39. The van der Waals surface area contributed by atoms with Crippen molar-refractivity contribution in [3.63, 3.8) is 0 Å². The van der Waals surface area contributed by atoms with Crippen molar-refractivity contribution >= 4 is 43.3 Å². The lowest BCUT2D eigenvalue weighted by Gasteiger charge is -2.35. The van der Waals surface area contributed by atoms with Crippen LogP contribution in [0.4, 0.5) is 4.79 Å². The molecule has 204 valence electrons. The van der Waals surface area contributed by atoms with Crippen LogP contribution in [0.25, 0.3) is 5.70 Å². The van der Waals surface area contributed by atoms with Crippen LogP contribution in [0.15, 0.2) is 47.2 Å². The molecule has 14 nitrogen and oxygen atoms in total. The second kappa shape index (κ2) is 11.2. The number of benzene rings is 1. The van der Waals surface area contributed by atoms with Gasteiger partial charge in [0.05, 0.1) is 18.9 Å². The third-order valence-electron chi connectivity index (χ3n) is 5.58. The van der Waals surface area contributed by atoms with Gasteiger partial charge in [-0.1, -0.05) is 35.0 Å². The highest BCUT2D eigenvalue weighted by atomic mass is 79.9. The summed E-state index contributed by atoms with van der Waals surface area (Å²) in [5, 5.41) is 24.1. The predicted molar refractivity (Wildman–Crippen MR) is 131 cm³/mol. The number of aliphatic hydroxyl groups is 2. The molecule has 0 saturated carbocycles. The Labute approximate surface area is 220 Å². The molecule has 1 aromatic carbocycles. The fourth-order valence-corrected chi connectivity index (χ4v) is 6.23. The third-order valence-corrected chi connectivity index (χ3v) is 8.74. The van der Waals surface area contributed by atoms with Gasteiger partial charge in [0.2, 0.25) is 0 Å². The van der Waals surface area contributed by atoms with Crippen molar-refractivity contribution in [2.24, 2.45) is 0 Å². The number of rotatable bonds is 10. The number of halogens is 1. The van der Waals surface area contributed by atoms with Gasteiger partial charge in [-0.2, -0.15) is 4.31 Å². The van der Waals surface area contributed by atoms with Crippen LogP contribution in [0.1, 0.15) is 18.9 Å². The number of ether oxygens (including phenoxy) is 1. The first kappa shape index (κ1) is 28.4.